The summed E-state index contributed by atoms with van der Waals surface area (Å²) in [6, 6.07) is 9.97. The molecule has 1 amide bonds. The van der Waals surface area contributed by atoms with Crippen LogP contribution in [0.2, 0.25) is 10.0 Å². The van der Waals surface area contributed by atoms with Gasteiger partial charge >= 0.3 is 0 Å². The summed E-state index contributed by atoms with van der Waals surface area (Å²) in [5.41, 5.74) is 1.30. The van der Waals surface area contributed by atoms with E-state index >= 15 is 0 Å². The molecule has 0 aliphatic heterocycles. The molecule has 0 aliphatic carbocycles. The molecule has 24 heavy (non-hydrogen) atoms. The lowest BCUT2D eigenvalue weighted by Crippen LogP contribution is -2.41. The molecule has 2 aromatic rings. The Bertz CT molecular complexity index is 852. The number of nitrogens with one attached hydrogen (secondary N) is 2. The Balaban J connectivity index is 2.09. The van der Waals surface area contributed by atoms with Crippen LogP contribution in [0.25, 0.3) is 0 Å². The number of aryl methyl sites for hydroxylation is 1. The van der Waals surface area contributed by atoms with E-state index in [1.165, 1.54) is 25.1 Å². The highest BCUT2D eigenvalue weighted by atomic mass is 35.5. The number of rotatable bonds is 5. The lowest BCUT2D eigenvalue weighted by Gasteiger charge is -2.15. The Morgan fingerprint density at radius 1 is 1.08 bits per heavy atom. The molecule has 128 valence electrons. The van der Waals surface area contributed by atoms with Crippen LogP contribution in [0.1, 0.15) is 12.5 Å². The van der Waals surface area contributed by atoms with E-state index in [0.29, 0.717) is 10.7 Å². The topological polar surface area (TPSA) is 75.3 Å². The van der Waals surface area contributed by atoms with Crippen LogP contribution < -0.4 is 10.0 Å². The number of carbonyl (C=O) groups excluding carboxylic acids is 1. The van der Waals surface area contributed by atoms with Crippen LogP contribution in [0, 0.1) is 6.92 Å². The zero-order valence-electron chi connectivity index (χ0n) is 13.0. The van der Waals surface area contributed by atoms with Gasteiger partial charge in [0.15, 0.2) is 0 Å². The SMILES string of the molecule is Cc1ccc(S(=O)(=O)NC(C)C(=O)Nc2ccc(Cl)cc2Cl)cc1. The van der Waals surface area contributed by atoms with Crippen LogP contribution in [0.3, 0.4) is 0 Å². The van der Waals surface area contributed by atoms with Gasteiger partial charge in [0.25, 0.3) is 0 Å². The van der Waals surface area contributed by atoms with E-state index in [9.17, 15) is 13.2 Å². The zero-order valence-corrected chi connectivity index (χ0v) is 15.3. The first-order valence-electron chi connectivity index (χ1n) is 7.04. The summed E-state index contributed by atoms with van der Waals surface area (Å²) in [6.45, 7) is 3.31. The molecule has 2 rings (SSSR count). The number of halogens is 2. The lowest BCUT2D eigenvalue weighted by atomic mass is 10.2. The maximum absolute atomic E-state index is 12.3. The average molecular weight is 387 g/mol. The van der Waals surface area contributed by atoms with E-state index < -0.39 is 22.0 Å². The van der Waals surface area contributed by atoms with Crippen molar-refractivity contribution in [3.05, 3.63) is 58.1 Å². The molecule has 0 heterocycles. The molecule has 0 saturated carbocycles. The molecule has 0 saturated heterocycles. The third-order valence-electron chi connectivity index (χ3n) is 3.25. The number of amides is 1. The van der Waals surface area contributed by atoms with Gasteiger partial charge in [0.1, 0.15) is 0 Å². The molecular formula is C16H16Cl2N2O3S. The van der Waals surface area contributed by atoms with Crippen molar-refractivity contribution in [1.29, 1.82) is 0 Å². The first-order chi connectivity index (χ1) is 11.2. The van der Waals surface area contributed by atoms with Gasteiger partial charge in [-0.25, -0.2) is 8.42 Å². The fourth-order valence-electron chi connectivity index (χ4n) is 1.90. The molecule has 2 aromatic carbocycles. The summed E-state index contributed by atoms with van der Waals surface area (Å²) >= 11 is 11.8. The molecule has 2 N–H and O–H groups in total. The summed E-state index contributed by atoms with van der Waals surface area (Å²) in [5.74, 6) is -0.532. The third kappa shape index (κ3) is 4.70. The maximum atomic E-state index is 12.3. The highest BCUT2D eigenvalue weighted by Crippen LogP contribution is 2.25. The van der Waals surface area contributed by atoms with Gasteiger partial charge in [-0.3, -0.25) is 4.79 Å². The summed E-state index contributed by atoms with van der Waals surface area (Å²) in [6.07, 6.45) is 0. The second-order valence-corrected chi connectivity index (χ2v) is 7.83. The predicted octanol–water partition coefficient (Wildman–Crippen LogP) is 3.61. The first kappa shape index (κ1) is 18.7. The van der Waals surface area contributed by atoms with Crippen molar-refractivity contribution in [2.45, 2.75) is 24.8 Å². The first-order valence-corrected chi connectivity index (χ1v) is 9.28. The molecule has 8 heteroatoms. The van der Waals surface area contributed by atoms with E-state index in [1.54, 1.807) is 24.3 Å². The van der Waals surface area contributed by atoms with Crippen LogP contribution in [0.15, 0.2) is 47.4 Å². The van der Waals surface area contributed by atoms with E-state index in [0.717, 1.165) is 5.56 Å². The summed E-state index contributed by atoms with van der Waals surface area (Å²) in [4.78, 5) is 12.3. The average Bonchev–Trinajstić information content (AvgIpc) is 2.50. The van der Waals surface area contributed by atoms with E-state index in [-0.39, 0.29) is 9.92 Å². The highest BCUT2D eigenvalue weighted by Gasteiger charge is 2.22. The number of hydrogen-bond donors (Lipinski definition) is 2. The largest absolute Gasteiger partial charge is 0.323 e. The van der Waals surface area contributed by atoms with Crippen molar-refractivity contribution < 1.29 is 13.2 Å². The number of sulfonamides is 1. The van der Waals surface area contributed by atoms with Crippen molar-refractivity contribution in [2.24, 2.45) is 0 Å². The normalized spacial score (nSPS) is 12.7. The minimum atomic E-state index is -3.80. The van der Waals surface area contributed by atoms with Crippen molar-refractivity contribution in [2.75, 3.05) is 5.32 Å². The van der Waals surface area contributed by atoms with Gasteiger partial charge in [0.2, 0.25) is 15.9 Å². The summed E-state index contributed by atoms with van der Waals surface area (Å²) < 4.78 is 26.9. The second kappa shape index (κ2) is 7.53. The Kier molecular flexibility index (Phi) is 5.87. The Hall–Kier alpha value is -1.60. The Morgan fingerprint density at radius 3 is 2.29 bits per heavy atom. The molecule has 0 spiro atoms. The van der Waals surface area contributed by atoms with Crippen LogP contribution in [0.5, 0.6) is 0 Å². The molecule has 0 aromatic heterocycles. The van der Waals surface area contributed by atoms with E-state index in [2.05, 4.69) is 10.0 Å². The standard InChI is InChI=1S/C16H16Cl2N2O3S/c1-10-3-6-13(7-4-10)24(22,23)20-11(2)16(21)19-15-8-5-12(17)9-14(15)18/h3-9,11,20H,1-2H3,(H,19,21). The molecule has 0 bridgehead atoms. The number of benzene rings is 2. The molecule has 1 atom stereocenters. The number of carbonyl (C=O) groups is 1. The van der Waals surface area contributed by atoms with Crippen LogP contribution in [-0.4, -0.2) is 20.4 Å². The Morgan fingerprint density at radius 2 is 1.71 bits per heavy atom. The molecule has 0 aliphatic rings. The van der Waals surface area contributed by atoms with Gasteiger partial charge in [-0.15, -0.1) is 0 Å². The quantitative estimate of drug-likeness (QED) is 0.823. The van der Waals surface area contributed by atoms with Crippen LogP contribution >= 0.6 is 23.2 Å². The third-order valence-corrected chi connectivity index (χ3v) is 5.35. The smallest absolute Gasteiger partial charge is 0.242 e. The molecule has 0 fully saturated rings. The van der Waals surface area contributed by atoms with Gasteiger partial charge in [0, 0.05) is 5.02 Å². The number of hydrogen-bond acceptors (Lipinski definition) is 3. The van der Waals surface area contributed by atoms with Crippen LogP contribution in [0.4, 0.5) is 5.69 Å². The maximum Gasteiger partial charge on any atom is 0.242 e. The van der Waals surface area contributed by atoms with Crippen LogP contribution in [-0.2, 0) is 14.8 Å². The monoisotopic (exact) mass is 386 g/mol. The second-order valence-electron chi connectivity index (χ2n) is 5.27. The summed E-state index contributed by atoms with van der Waals surface area (Å²) in [5, 5.41) is 3.27. The highest BCUT2D eigenvalue weighted by molar-refractivity contribution is 7.89. The minimum absolute atomic E-state index is 0.0947. The van der Waals surface area contributed by atoms with E-state index in [4.69, 9.17) is 23.2 Å². The molecule has 1 unspecified atom stereocenters. The zero-order chi connectivity index (χ0) is 17.9. The van der Waals surface area contributed by atoms with Crippen molar-refractivity contribution in [1.82, 2.24) is 4.72 Å². The Labute approximate surface area is 151 Å². The van der Waals surface area contributed by atoms with Crippen molar-refractivity contribution in [3.63, 3.8) is 0 Å². The predicted molar refractivity (Wildman–Crippen MR) is 96.1 cm³/mol. The van der Waals surface area contributed by atoms with Gasteiger partial charge in [-0.1, -0.05) is 40.9 Å². The minimum Gasteiger partial charge on any atom is -0.323 e. The van der Waals surface area contributed by atoms with Gasteiger partial charge in [-0.05, 0) is 44.2 Å². The fraction of sp³-hybridized carbons (Fsp3) is 0.188. The molecule has 5 nitrogen and oxygen atoms in total. The fourth-order valence-corrected chi connectivity index (χ4v) is 3.56. The van der Waals surface area contributed by atoms with Gasteiger partial charge < -0.3 is 5.32 Å². The van der Waals surface area contributed by atoms with Crippen molar-refractivity contribution in [3.8, 4) is 0 Å². The summed E-state index contributed by atoms with van der Waals surface area (Å²) in [7, 11) is -3.80. The van der Waals surface area contributed by atoms with Gasteiger partial charge in [0.05, 0.1) is 21.6 Å². The van der Waals surface area contributed by atoms with Gasteiger partial charge in [-0.2, -0.15) is 4.72 Å². The molecular weight excluding hydrogens is 371 g/mol. The van der Waals surface area contributed by atoms with E-state index in [1.807, 2.05) is 6.92 Å². The van der Waals surface area contributed by atoms with Crippen molar-refractivity contribution >= 4 is 44.8 Å². The molecule has 0 radical (unpaired) electrons. The lowest BCUT2D eigenvalue weighted by molar-refractivity contribution is -0.117. The number of anilines is 1.